The quantitative estimate of drug-likeness (QED) is 0.653. The average molecular weight is 275 g/mol. The highest BCUT2D eigenvalue weighted by Crippen LogP contribution is 2.22. The molecule has 0 radical (unpaired) electrons. The smallest absolute Gasteiger partial charge is 0.314 e. The summed E-state index contributed by atoms with van der Waals surface area (Å²) in [6.45, 7) is 0. The monoisotopic (exact) mass is 275 g/mol. The summed E-state index contributed by atoms with van der Waals surface area (Å²) in [6, 6.07) is 5.47. The second-order valence-electron chi connectivity index (χ2n) is 4.77. The molecule has 0 bridgehead atoms. The first-order chi connectivity index (χ1) is 9.65. The van der Waals surface area contributed by atoms with Crippen molar-refractivity contribution in [3.63, 3.8) is 0 Å². The minimum Gasteiger partial charge on any atom is -0.314 e. The normalized spacial score (nSPS) is 14.5. The highest BCUT2D eigenvalue weighted by molar-refractivity contribution is 5.90. The number of nitro groups is 1. The van der Waals surface area contributed by atoms with Gasteiger partial charge in [0, 0.05) is 24.0 Å². The second kappa shape index (κ2) is 6.70. The van der Waals surface area contributed by atoms with E-state index in [2.05, 4.69) is 10.6 Å². The van der Waals surface area contributed by atoms with Crippen LogP contribution >= 0.6 is 0 Å². The van der Waals surface area contributed by atoms with Crippen molar-refractivity contribution in [2.24, 2.45) is 0 Å². The number of carbonyl (C=O) groups is 1. The van der Waals surface area contributed by atoms with Gasteiger partial charge in [-0.1, -0.05) is 18.1 Å². The van der Waals surface area contributed by atoms with E-state index >= 15 is 0 Å². The van der Waals surface area contributed by atoms with E-state index in [1.807, 2.05) is 0 Å². The molecule has 1 aliphatic carbocycles. The molecule has 6 heteroatoms. The molecule has 0 saturated heterocycles. The van der Waals surface area contributed by atoms with Crippen molar-refractivity contribution in [2.45, 2.75) is 32.1 Å². The van der Waals surface area contributed by atoms with Gasteiger partial charge >= 0.3 is 6.03 Å². The Labute approximate surface area is 117 Å². The van der Waals surface area contributed by atoms with Gasteiger partial charge in [-0.05, 0) is 31.7 Å². The zero-order chi connectivity index (χ0) is 14.4. The van der Waals surface area contributed by atoms with Crippen LogP contribution < -0.4 is 10.6 Å². The fourth-order valence-corrected chi connectivity index (χ4v) is 2.18. The predicted octanol–water partition coefficient (Wildman–Crippen LogP) is 3.56. The number of allylic oxidation sites excluding steroid dienone is 1. The van der Waals surface area contributed by atoms with Crippen LogP contribution in [-0.2, 0) is 0 Å². The molecule has 2 N–H and O–H groups in total. The van der Waals surface area contributed by atoms with Gasteiger partial charge in [0.25, 0.3) is 5.69 Å². The molecule has 20 heavy (non-hydrogen) atoms. The van der Waals surface area contributed by atoms with Crippen LogP contribution in [0, 0.1) is 10.1 Å². The topological polar surface area (TPSA) is 84.3 Å². The molecule has 1 aromatic rings. The number of non-ortho nitro benzene ring substituents is 1. The number of hydrogen-bond donors (Lipinski definition) is 2. The first-order valence-electron chi connectivity index (χ1n) is 6.65. The standard InChI is InChI=1S/C14H17N3O3/c18-14(15-10-11-5-2-1-3-6-11)16-12-7-4-8-13(9-12)17(19)20/h4,7-10H,1-3,5-6H2,(H2,15,16,18). The summed E-state index contributed by atoms with van der Waals surface area (Å²) in [5.74, 6) is 0. The molecule has 1 fully saturated rings. The van der Waals surface area contributed by atoms with E-state index in [0.717, 1.165) is 12.8 Å². The zero-order valence-electron chi connectivity index (χ0n) is 11.1. The van der Waals surface area contributed by atoms with Gasteiger partial charge in [0.2, 0.25) is 0 Å². The number of hydrogen-bond acceptors (Lipinski definition) is 3. The number of rotatable bonds is 3. The Hall–Kier alpha value is -2.37. The first kappa shape index (κ1) is 14.0. The number of nitrogens with one attached hydrogen (secondary N) is 2. The summed E-state index contributed by atoms with van der Waals surface area (Å²) >= 11 is 0. The van der Waals surface area contributed by atoms with Gasteiger partial charge in [-0.3, -0.25) is 10.1 Å². The third kappa shape index (κ3) is 4.08. The maximum atomic E-state index is 11.7. The van der Waals surface area contributed by atoms with Crippen molar-refractivity contribution in [3.8, 4) is 0 Å². The zero-order valence-corrected chi connectivity index (χ0v) is 11.1. The Kier molecular flexibility index (Phi) is 4.70. The third-order valence-electron chi connectivity index (χ3n) is 3.22. The molecule has 6 nitrogen and oxygen atoms in total. The van der Waals surface area contributed by atoms with E-state index in [-0.39, 0.29) is 11.7 Å². The van der Waals surface area contributed by atoms with Gasteiger partial charge in [-0.15, -0.1) is 0 Å². The summed E-state index contributed by atoms with van der Waals surface area (Å²) in [7, 11) is 0. The van der Waals surface area contributed by atoms with E-state index in [0.29, 0.717) is 5.69 Å². The molecule has 0 spiro atoms. The van der Waals surface area contributed by atoms with Crippen LogP contribution in [0.5, 0.6) is 0 Å². The Morgan fingerprint density at radius 2 is 2.00 bits per heavy atom. The lowest BCUT2D eigenvalue weighted by Gasteiger charge is -2.13. The fourth-order valence-electron chi connectivity index (χ4n) is 2.18. The van der Waals surface area contributed by atoms with Crippen LogP contribution in [0.25, 0.3) is 0 Å². The number of anilines is 1. The molecular weight excluding hydrogens is 258 g/mol. The van der Waals surface area contributed by atoms with E-state index in [4.69, 9.17) is 0 Å². The summed E-state index contributed by atoms with van der Waals surface area (Å²) in [5.41, 5.74) is 1.60. The Balaban J connectivity index is 1.91. The molecule has 1 aromatic carbocycles. The van der Waals surface area contributed by atoms with Crippen LogP contribution in [0.4, 0.5) is 16.2 Å². The predicted molar refractivity (Wildman–Crippen MR) is 76.4 cm³/mol. The minimum absolute atomic E-state index is 0.0477. The van der Waals surface area contributed by atoms with Crippen LogP contribution in [-0.4, -0.2) is 11.0 Å². The van der Waals surface area contributed by atoms with E-state index in [1.54, 1.807) is 12.3 Å². The second-order valence-corrected chi connectivity index (χ2v) is 4.77. The maximum Gasteiger partial charge on any atom is 0.323 e. The molecular formula is C14H17N3O3. The number of carbonyl (C=O) groups excluding carboxylic acids is 1. The molecule has 1 aliphatic rings. The number of amides is 2. The minimum atomic E-state index is -0.493. The summed E-state index contributed by atoms with van der Waals surface area (Å²) < 4.78 is 0. The van der Waals surface area contributed by atoms with E-state index in [9.17, 15) is 14.9 Å². The lowest BCUT2D eigenvalue weighted by molar-refractivity contribution is -0.384. The molecule has 0 aromatic heterocycles. The molecule has 2 rings (SSSR count). The maximum absolute atomic E-state index is 11.7. The Morgan fingerprint density at radius 3 is 2.70 bits per heavy atom. The van der Waals surface area contributed by atoms with Gasteiger partial charge in [-0.25, -0.2) is 4.79 Å². The largest absolute Gasteiger partial charge is 0.323 e. The average Bonchev–Trinajstić information content (AvgIpc) is 2.46. The summed E-state index contributed by atoms with van der Waals surface area (Å²) in [4.78, 5) is 21.8. The van der Waals surface area contributed by atoms with E-state index in [1.165, 1.54) is 43.0 Å². The van der Waals surface area contributed by atoms with E-state index < -0.39 is 4.92 Å². The van der Waals surface area contributed by atoms with Gasteiger partial charge in [0.15, 0.2) is 0 Å². The number of benzene rings is 1. The SMILES string of the molecule is O=C(NC=C1CCCCC1)Nc1cccc([N+](=O)[O-])c1. The van der Waals surface area contributed by atoms with Crippen molar-refractivity contribution in [1.82, 2.24) is 5.32 Å². The number of nitro benzene ring substituents is 1. The lowest BCUT2D eigenvalue weighted by atomic mass is 9.96. The highest BCUT2D eigenvalue weighted by Gasteiger charge is 2.08. The summed E-state index contributed by atoms with van der Waals surface area (Å²) in [6.07, 6.45) is 7.37. The lowest BCUT2D eigenvalue weighted by Crippen LogP contribution is -2.24. The van der Waals surface area contributed by atoms with Gasteiger partial charge in [-0.2, -0.15) is 0 Å². The van der Waals surface area contributed by atoms with Gasteiger partial charge in [0.05, 0.1) is 4.92 Å². The van der Waals surface area contributed by atoms with Crippen LogP contribution in [0.3, 0.4) is 0 Å². The van der Waals surface area contributed by atoms with Gasteiger partial charge < -0.3 is 10.6 Å². The Morgan fingerprint density at radius 1 is 1.25 bits per heavy atom. The van der Waals surface area contributed by atoms with Crippen LogP contribution in [0.1, 0.15) is 32.1 Å². The van der Waals surface area contributed by atoms with Crippen molar-refractivity contribution in [3.05, 3.63) is 46.2 Å². The highest BCUT2D eigenvalue weighted by atomic mass is 16.6. The van der Waals surface area contributed by atoms with Crippen molar-refractivity contribution in [1.29, 1.82) is 0 Å². The Bertz CT molecular complexity index is 532. The first-order valence-corrected chi connectivity index (χ1v) is 6.65. The van der Waals surface area contributed by atoms with Crippen LogP contribution in [0.15, 0.2) is 36.0 Å². The molecule has 0 atom stereocenters. The number of nitrogens with zero attached hydrogens (tertiary/aromatic N) is 1. The molecule has 2 amide bonds. The van der Waals surface area contributed by atoms with Gasteiger partial charge in [0.1, 0.15) is 0 Å². The van der Waals surface area contributed by atoms with Crippen molar-refractivity contribution < 1.29 is 9.72 Å². The van der Waals surface area contributed by atoms with Crippen molar-refractivity contribution in [2.75, 3.05) is 5.32 Å². The molecule has 0 unspecified atom stereocenters. The molecule has 106 valence electrons. The van der Waals surface area contributed by atoms with Crippen molar-refractivity contribution >= 4 is 17.4 Å². The number of urea groups is 1. The molecule has 0 aliphatic heterocycles. The third-order valence-corrected chi connectivity index (χ3v) is 3.22. The molecule has 1 saturated carbocycles. The van der Waals surface area contributed by atoms with Crippen LogP contribution in [0.2, 0.25) is 0 Å². The fraction of sp³-hybridized carbons (Fsp3) is 0.357. The molecule has 0 heterocycles. The summed E-state index contributed by atoms with van der Waals surface area (Å²) in [5, 5.41) is 15.9.